The van der Waals surface area contributed by atoms with Gasteiger partial charge in [-0.05, 0) is 50.9 Å². The molecule has 1 aromatic heterocycles. The average molecular weight is 409 g/mol. The summed E-state index contributed by atoms with van der Waals surface area (Å²) < 4.78 is 27.8. The molecular weight excluding hydrogens is 385 g/mol. The molecule has 2 atom stereocenters. The minimum absolute atomic E-state index is 0. The number of para-hydroxylation sites is 2. The van der Waals surface area contributed by atoms with Crippen molar-refractivity contribution < 1.29 is 13.6 Å². The maximum absolute atomic E-state index is 13.4. The summed E-state index contributed by atoms with van der Waals surface area (Å²) in [6.07, 6.45) is 2.31. The molecule has 2 aromatic rings. The molecule has 2 heterocycles. The molecule has 5 nitrogen and oxygen atoms in total. The number of nitrogens with one attached hydrogen (secondary N) is 2. The van der Waals surface area contributed by atoms with Crippen LogP contribution in [-0.4, -0.2) is 28.5 Å². The van der Waals surface area contributed by atoms with Crippen LogP contribution in [0.1, 0.15) is 44.6 Å². The molecule has 1 fully saturated rings. The molecule has 0 radical (unpaired) electrons. The predicted molar refractivity (Wildman–Crippen MR) is 102 cm³/mol. The summed E-state index contributed by atoms with van der Waals surface area (Å²) in [5, 5.41) is 6.07. The smallest absolute Gasteiger partial charge is 0.320 e. The first-order valence-corrected chi connectivity index (χ1v) is 8.31. The average Bonchev–Trinajstić information content (AvgIpc) is 3.20. The number of nitrogens with zero attached hydrogens (tertiary/aromatic N) is 2. The Morgan fingerprint density at radius 1 is 1.38 bits per heavy atom. The van der Waals surface area contributed by atoms with Gasteiger partial charge < -0.3 is 10.6 Å². The van der Waals surface area contributed by atoms with Gasteiger partial charge in [0, 0.05) is 6.42 Å². The van der Waals surface area contributed by atoms with Crippen molar-refractivity contribution in [2.45, 2.75) is 38.8 Å². The van der Waals surface area contributed by atoms with Crippen LogP contribution in [0.15, 0.2) is 24.3 Å². The summed E-state index contributed by atoms with van der Waals surface area (Å²) in [7, 11) is 0. The Balaban J connectivity index is 0.00000169. The van der Waals surface area contributed by atoms with Crippen molar-refractivity contribution in [2.75, 3.05) is 13.1 Å². The van der Waals surface area contributed by atoms with Gasteiger partial charge >= 0.3 is 6.55 Å². The quantitative estimate of drug-likeness (QED) is 0.762. The molecule has 0 saturated carbocycles. The van der Waals surface area contributed by atoms with Gasteiger partial charge in [-0.2, -0.15) is 8.78 Å². The van der Waals surface area contributed by atoms with Gasteiger partial charge in [0.1, 0.15) is 5.82 Å². The second-order valence-electron chi connectivity index (χ2n) is 6.29. The Kier molecular flexibility index (Phi) is 8.73. The number of hydrogen-bond acceptors (Lipinski definition) is 3. The van der Waals surface area contributed by atoms with E-state index in [-0.39, 0.29) is 36.5 Å². The highest BCUT2D eigenvalue weighted by Gasteiger charge is 2.23. The van der Waals surface area contributed by atoms with Crippen LogP contribution in [-0.2, 0) is 4.79 Å². The van der Waals surface area contributed by atoms with Crippen LogP contribution in [0.25, 0.3) is 11.0 Å². The number of aromatic nitrogens is 2. The Hall–Kier alpha value is -1.44. The van der Waals surface area contributed by atoms with Gasteiger partial charge in [-0.3, -0.25) is 9.36 Å². The molecule has 1 amide bonds. The summed E-state index contributed by atoms with van der Waals surface area (Å²) >= 11 is 0. The largest absolute Gasteiger partial charge is 0.346 e. The maximum Gasteiger partial charge on any atom is 0.320 e. The Morgan fingerprint density at radius 3 is 2.77 bits per heavy atom. The lowest BCUT2D eigenvalue weighted by Crippen LogP contribution is -2.29. The molecule has 146 valence electrons. The van der Waals surface area contributed by atoms with E-state index in [0.717, 1.165) is 30.5 Å². The highest BCUT2D eigenvalue weighted by atomic mass is 35.5. The molecule has 2 N–H and O–H groups in total. The van der Waals surface area contributed by atoms with Crippen LogP contribution >= 0.6 is 24.8 Å². The fourth-order valence-corrected chi connectivity index (χ4v) is 3.25. The van der Waals surface area contributed by atoms with Crippen molar-refractivity contribution in [2.24, 2.45) is 5.92 Å². The van der Waals surface area contributed by atoms with E-state index in [1.54, 1.807) is 31.2 Å². The zero-order valence-corrected chi connectivity index (χ0v) is 16.1. The van der Waals surface area contributed by atoms with Crippen LogP contribution in [0.5, 0.6) is 0 Å². The van der Waals surface area contributed by atoms with Gasteiger partial charge in [-0.15, -0.1) is 24.8 Å². The van der Waals surface area contributed by atoms with Crippen molar-refractivity contribution in [3.05, 3.63) is 30.1 Å². The molecule has 1 aliphatic rings. The van der Waals surface area contributed by atoms with Gasteiger partial charge in [-0.1, -0.05) is 12.1 Å². The fourth-order valence-electron chi connectivity index (χ4n) is 3.25. The Bertz CT molecular complexity index is 720. The van der Waals surface area contributed by atoms with E-state index in [0.29, 0.717) is 23.4 Å². The topological polar surface area (TPSA) is 59.0 Å². The number of carbonyl (C=O) groups is 1. The number of alkyl halides is 2. The van der Waals surface area contributed by atoms with Crippen LogP contribution in [0.3, 0.4) is 0 Å². The van der Waals surface area contributed by atoms with E-state index >= 15 is 0 Å². The lowest BCUT2D eigenvalue weighted by Gasteiger charge is -2.16. The monoisotopic (exact) mass is 408 g/mol. The van der Waals surface area contributed by atoms with E-state index in [9.17, 15) is 13.6 Å². The van der Waals surface area contributed by atoms with E-state index in [1.165, 1.54) is 0 Å². The second kappa shape index (κ2) is 10.0. The first-order valence-electron chi connectivity index (χ1n) is 8.31. The highest BCUT2D eigenvalue weighted by Crippen LogP contribution is 2.26. The normalized spacial score (nSPS) is 17.6. The number of hydrogen-bond donors (Lipinski definition) is 2. The van der Waals surface area contributed by atoms with Crippen molar-refractivity contribution in [1.82, 2.24) is 20.2 Å². The van der Waals surface area contributed by atoms with Crippen LogP contribution < -0.4 is 10.6 Å². The molecule has 0 spiro atoms. The molecule has 26 heavy (non-hydrogen) atoms. The summed E-state index contributed by atoms with van der Waals surface area (Å²) in [5.74, 6) is 0.584. The van der Waals surface area contributed by atoms with Crippen molar-refractivity contribution >= 4 is 41.8 Å². The molecular formula is C17H24Cl2F2N4O. The molecule has 1 aliphatic heterocycles. The fraction of sp³-hybridized carbons (Fsp3) is 0.529. The Morgan fingerprint density at radius 2 is 2.12 bits per heavy atom. The van der Waals surface area contributed by atoms with E-state index < -0.39 is 12.6 Å². The van der Waals surface area contributed by atoms with E-state index in [4.69, 9.17) is 0 Å². The molecule has 0 bridgehead atoms. The predicted octanol–water partition coefficient (Wildman–Crippen LogP) is 3.84. The van der Waals surface area contributed by atoms with E-state index in [2.05, 4.69) is 15.6 Å². The molecule has 1 aromatic carbocycles. The van der Waals surface area contributed by atoms with Crippen LogP contribution in [0, 0.1) is 5.92 Å². The standard InChI is InChI=1S/C17H22F2N4O.2ClH/c1-11(21-15(24)7-6-12-8-9-20-10-12)16-22-13-4-2-3-5-14(13)23(16)17(18)19;;/h2-5,11-12,17,20H,6-10H2,1H3,(H,21,24);2*1H. The van der Waals surface area contributed by atoms with Crippen LogP contribution in [0.2, 0.25) is 0 Å². The SMILES string of the molecule is CC(NC(=O)CCC1CCNC1)c1nc2ccccc2n1C(F)F.Cl.Cl. The van der Waals surface area contributed by atoms with Crippen molar-refractivity contribution in [3.8, 4) is 0 Å². The number of fused-ring (bicyclic) bond motifs is 1. The molecule has 3 rings (SSSR count). The number of benzene rings is 1. The molecule has 1 saturated heterocycles. The third-order valence-corrected chi connectivity index (χ3v) is 4.53. The summed E-state index contributed by atoms with van der Waals surface area (Å²) in [5.41, 5.74) is 0.881. The van der Waals surface area contributed by atoms with Crippen molar-refractivity contribution in [1.29, 1.82) is 0 Å². The summed E-state index contributed by atoms with van der Waals surface area (Å²) in [4.78, 5) is 16.4. The molecule has 9 heteroatoms. The lowest BCUT2D eigenvalue weighted by atomic mass is 10.0. The summed E-state index contributed by atoms with van der Waals surface area (Å²) in [6, 6.07) is 6.19. The van der Waals surface area contributed by atoms with Gasteiger partial charge in [0.25, 0.3) is 0 Å². The first kappa shape index (κ1) is 22.6. The molecule has 0 aliphatic carbocycles. The van der Waals surface area contributed by atoms with Gasteiger partial charge in [0.05, 0.1) is 17.1 Å². The van der Waals surface area contributed by atoms with Gasteiger partial charge in [0.2, 0.25) is 5.91 Å². The van der Waals surface area contributed by atoms with Crippen molar-refractivity contribution in [3.63, 3.8) is 0 Å². The first-order chi connectivity index (χ1) is 11.6. The second-order valence-corrected chi connectivity index (χ2v) is 6.29. The Labute approximate surface area is 163 Å². The van der Waals surface area contributed by atoms with Crippen LogP contribution in [0.4, 0.5) is 8.78 Å². The summed E-state index contributed by atoms with van der Waals surface area (Å²) in [6.45, 7) is 0.941. The zero-order valence-electron chi connectivity index (χ0n) is 14.5. The molecule has 2 unspecified atom stereocenters. The van der Waals surface area contributed by atoms with Gasteiger partial charge in [0.15, 0.2) is 0 Å². The zero-order chi connectivity index (χ0) is 17.1. The highest BCUT2D eigenvalue weighted by molar-refractivity contribution is 5.85. The number of amides is 1. The third-order valence-electron chi connectivity index (χ3n) is 4.53. The number of halogens is 4. The maximum atomic E-state index is 13.4. The number of rotatable bonds is 6. The van der Waals surface area contributed by atoms with Gasteiger partial charge in [-0.25, -0.2) is 4.98 Å². The minimum Gasteiger partial charge on any atom is -0.346 e. The van der Waals surface area contributed by atoms with E-state index in [1.807, 2.05) is 0 Å². The minimum atomic E-state index is -2.70. The number of imidazole rings is 1. The number of carbonyl (C=O) groups excluding carboxylic acids is 1. The lowest BCUT2D eigenvalue weighted by molar-refractivity contribution is -0.122. The third kappa shape index (κ3) is 5.05.